The number of hydrogen-bond donors (Lipinski definition) is 2. The molecule has 2 aliphatic carbocycles. The summed E-state index contributed by atoms with van der Waals surface area (Å²) in [6.45, 7) is 2.05. The number of fused-ring (bicyclic) bond motifs is 4. The van der Waals surface area contributed by atoms with E-state index < -0.39 is 46.8 Å². The number of allylic oxidation sites excluding steroid dienone is 2. The lowest BCUT2D eigenvalue weighted by molar-refractivity contribution is -0.138. The highest BCUT2D eigenvalue weighted by Gasteiger charge is 2.70. The maximum absolute atomic E-state index is 15.6. The van der Waals surface area contributed by atoms with Crippen LogP contribution in [0, 0.1) is 23.7 Å². The van der Waals surface area contributed by atoms with E-state index >= 15 is 9.59 Å². The Morgan fingerprint density at radius 3 is 2.20 bits per heavy atom. The molecule has 14 heteroatoms. The molecule has 4 aliphatic rings. The van der Waals surface area contributed by atoms with Crippen LogP contribution in [0.5, 0.6) is 28.7 Å². The van der Waals surface area contributed by atoms with Crippen molar-refractivity contribution in [3.8, 4) is 28.7 Å². The van der Waals surface area contributed by atoms with Crippen molar-refractivity contribution in [3.63, 3.8) is 0 Å². The first kappa shape index (κ1) is 43.5. The average molecular weight is 915 g/mol. The zero-order valence-electron chi connectivity index (χ0n) is 35.9. The van der Waals surface area contributed by atoms with Crippen LogP contribution < -0.4 is 29.3 Å². The molecule has 1 saturated carbocycles. The number of methoxy groups -OCH3 is 3. The molecule has 5 aromatic carbocycles. The van der Waals surface area contributed by atoms with Crippen LogP contribution in [0.2, 0.25) is 10.0 Å². The Labute approximate surface area is 385 Å². The number of ether oxygens (including phenoxy) is 4. The van der Waals surface area contributed by atoms with E-state index in [1.807, 2.05) is 48.6 Å². The minimum Gasteiger partial charge on any atom is -0.504 e. The molecular formula is C51H45Cl2N3O9. The van der Waals surface area contributed by atoms with Crippen LogP contribution in [0.4, 0.5) is 11.4 Å². The summed E-state index contributed by atoms with van der Waals surface area (Å²) < 4.78 is 22.3. The molecular weight excluding hydrogens is 869 g/mol. The van der Waals surface area contributed by atoms with E-state index in [1.54, 1.807) is 88.9 Å². The topological polar surface area (TPSA) is 144 Å². The predicted octanol–water partition coefficient (Wildman–Crippen LogP) is 9.48. The number of amides is 4. The van der Waals surface area contributed by atoms with Gasteiger partial charge in [-0.2, -0.15) is 5.01 Å². The molecule has 0 aromatic heterocycles. The molecule has 0 spiro atoms. The first-order chi connectivity index (χ1) is 31.4. The molecule has 5 aromatic rings. The van der Waals surface area contributed by atoms with Crippen molar-refractivity contribution in [1.82, 2.24) is 5.01 Å². The maximum atomic E-state index is 15.6. The van der Waals surface area contributed by atoms with Crippen LogP contribution in [-0.4, -0.2) is 61.7 Å². The van der Waals surface area contributed by atoms with Gasteiger partial charge in [0.05, 0.1) is 67.5 Å². The molecule has 2 heterocycles. The summed E-state index contributed by atoms with van der Waals surface area (Å²) in [6.07, 6.45) is 6.08. The van der Waals surface area contributed by atoms with Gasteiger partial charge in [0.15, 0.2) is 11.5 Å². The first-order valence-corrected chi connectivity index (χ1v) is 22.0. The van der Waals surface area contributed by atoms with E-state index in [2.05, 4.69) is 5.43 Å². The number of carbonyl (C=O) groups is 4. The number of imide groups is 2. The number of aromatic hydroxyl groups is 1. The fraction of sp³-hybridized carbons (Fsp3) is 0.255. The van der Waals surface area contributed by atoms with Crippen molar-refractivity contribution < 1.29 is 43.2 Å². The largest absolute Gasteiger partial charge is 0.504 e. The number of carbonyl (C=O) groups excluding carboxylic acids is 4. The molecule has 2 N–H and O–H groups in total. The number of nitrogens with zero attached hydrogens (tertiary/aromatic N) is 2. The Balaban J connectivity index is 1.13. The Bertz CT molecular complexity index is 2790. The molecule has 0 bridgehead atoms. The summed E-state index contributed by atoms with van der Waals surface area (Å²) in [6, 6.07) is 29.4. The fourth-order valence-corrected chi connectivity index (χ4v) is 10.8. The normalized spacial score (nSPS) is 23.5. The van der Waals surface area contributed by atoms with E-state index in [-0.39, 0.29) is 53.5 Å². The fourth-order valence-electron chi connectivity index (χ4n) is 10.3. The number of hydrogen-bond acceptors (Lipinski definition) is 10. The average Bonchev–Trinajstić information content (AvgIpc) is 3.70. The molecule has 6 unspecified atom stereocenters. The van der Waals surface area contributed by atoms with Gasteiger partial charge in [-0.25, -0.2) is 0 Å². The van der Waals surface area contributed by atoms with Crippen LogP contribution in [-0.2, 0) is 24.6 Å². The summed E-state index contributed by atoms with van der Waals surface area (Å²) in [5.41, 5.74) is 5.64. The minimum absolute atomic E-state index is 0.0767. The van der Waals surface area contributed by atoms with Crippen LogP contribution in [0.15, 0.2) is 115 Å². The van der Waals surface area contributed by atoms with E-state index in [0.29, 0.717) is 39.1 Å². The summed E-state index contributed by atoms with van der Waals surface area (Å²) >= 11 is 12.8. The zero-order valence-corrected chi connectivity index (χ0v) is 37.4. The molecule has 4 amide bonds. The smallest absolute Gasteiger partial charge is 0.260 e. The number of nitrogens with one attached hydrogen (secondary N) is 1. The first-order valence-electron chi connectivity index (χ1n) is 21.2. The summed E-state index contributed by atoms with van der Waals surface area (Å²) in [5, 5.41) is 12.5. The zero-order chi connectivity index (χ0) is 45.7. The summed E-state index contributed by atoms with van der Waals surface area (Å²) in [4.78, 5) is 61.5. The van der Waals surface area contributed by atoms with Gasteiger partial charge in [-0.05, 0) is 115 Å². The maximum Gasteiger partial charge on any atom is 0.260 e. The van der Waals surface area contributed by atoms with E-state index in [1.165, 1.54) is 17.0 Å². The van der Waals surface area contributed by atoms with Gasteiger partial charge in [-0.15, -0.1) is 0 Å². The van der Waals surface area contributed by atoms with E-state index in [4.69, 9.17) is 42.1 Å². The third kappa shape index (κ3) is 7.25. The van der Waals surface area contributed by atoms with Gasteiger partial charge in [0.1, 0.15) is 17.2 Å². The van der Waals surface area contributed by atoms with Crippen molar-refractivity contribution in [1.29, 1.82) is 0 Å². The third-order valence-electron chi connectivity index (χ3n) is 13.2. The molecule has 0 radical (unpaired) electrons. The minimum atomic E-state index is -1.59. The highest BCUT2D eigenvalue weighted by atomic mass is 35.5. The molecule has 9 rings (SSSR count). The lowest BCUT2D eigenvalue weighted by Crippen LogP contribution is -2.53. The van der Waals surface area contributed by atoms with Crippen molar-refractivity contribution in [2.75, 3.05) is 38.3 Å². The van der Waals surface area contributed by atoms with Crippen molar-refractivity contribution in [3.05, 3.63) is 147 Å². The lowest BCUT2D eigenvalue weighted by atomic mass is 9.49. The molecule has 3 fully saturated rings. The van der Waals surface area contributed by atoms with Crippen LogP contribution in [0.1, 0.15) is 47.9 Å². The van der Waals surface area contributed by atoms with E-state index in [9.17, 15) is 14.7 Å². The number of rotatable bonds is 12. The third-order valence-corrected chi connectivity index (χ3v) is 13.8. The van der Waals surface area contributed by atoms with Gasteiger partial charge in [0, 0.05) is 16.5 Å². The highest BCUT2D eigenvalue weighted by molar-refractivity contribution is 6.36. The van der Waals surface area contributed by atoms with Crippen molar-refractivity contribution in [2.45, 2.75) is 31.1 Å². The standard InChI is InChI=1S/C51H45Cl2N3O9/c1-5-65-44-25-30(10-22-42(44)57)46-36-19-20-37-45(49(60)55(47(37)58)33-14-7-28(8-15-33)6-9-29-24-35(63-3)18-23-43(29)64-4)38(36)27-39-48(59)56(54-41-21-13-32(52)26-40(41)53)50(61)51(39,46)31-11-16-34(62-2)17-12-31/h6-19,21-26,37-39,45-46,54,57H,5,20,27H2,1-4H3. The molecule has 2 aliphatic heterocycles. The van der Waals surface area contributed by atoms with Gasteiger partial charge in [0.2, 0.25) is 11.8 Å². The van der Waals surface area contributed by atoms with Crippen LogP contribution in [0.25, 0.3) is 12.2 Å². The molecule has 6 atom stereocenters. The van der Waals surface area contributed by atoms with Gasteiger partial charge in [-0.1, -0.05) is 77.3 Å². The van der Waals surface area contributed by atoms with Crippen molar-refractivity contribution in [2.24, 2.45) is 23.7 Å². The monoisotopic (exact) mass is 913 g/mol. The Morgan fingerprint density at radius 2 is 1.51 bits per heavy atom. The molecule has 332 valence electrons. The molecule has 65 heavy (non-hydrogen) atoms. The predicted molar refractivity (Wildman–Crippen MR) is 247 cm³/mol. The van der Waals surface area contributed by atoms with Crippen molar-refractivity contribution >= 4 is 70.4 Å². The summed E-state index contributed by atoms with van der Waals surface area (Å²) in [7, 11) is 4.74. The number of halogens is 2. The quantitative estimate of drug-likeness (QED) is 0.0706. The second kappa shape index (κ2) is 17.3. The Hall–Kier alpha value is -6.76. The number of benzene rings is 5. The van der Waals surface area contributed by atoms with E-state index in [0.717, 1.165) is 21.7 Å². The second-order valence-corrected chi connectivity index (χ2v) is 17.3. The van der Waals surface area contributed by atoms with Gasteiger partial charge in [0.25, 0.3) is 11.8 Å². The Morgan fingerprint density at radius 1 is 0.769 bits per heavy atom. The number of phenolic OH excluding ortho intramolecular Hbond substituents is 1. The Kier molecular flexibility index (Phi) is 11.6. The lowest BCUT2D eigenvalue weighted by Gasteiger charge is -2.50. The highest BCUT2D eigenvalue weighted by Crippen LogP contribution is 2.64. The van der Waals surface area contributed by atoms with Crippen LogP contribution in [0.3, 0.4) is 0 Å². The number of phenols is 1. The molecule has 12 nitrogen and oxygen atoms in total. The van der Waals surface area contributed by atoms with Gasteiger partial charge in [-0.3, -0.25) is 29.5 Å². The SMILES string of the molecule is CCOc1cc(C2C3=CCC4C(=O)N(c5ccc(C=Cc6cc(OC)ccc6OC)cc5)C(=O)C4C3CC3C(=O)N(Nc4ccc(Cl)cc4Cl)C(=O)C32c2ccc(OC)cc2)ccc1O. The second-order valence-electron chi connectivity index (χ2n) is 16.4. The van der Waals surface area contributed by atoms with Crippen LogP contribution >= 0.6 is 23.2 Å². The number of anilines is 2. The number of hydrazine groups is 1. The van der Waals surface area contributed by atoms with Gasteiger partial charge >= 0.3 is 0 Å². The molecule has 2 saturated heterocycles. The summed E-state index contributed by atoms with van der Waals surface area (Å²) in [5.74, 6) is -3.87. The van der Waals surface area contributed by atoms with Gasteiger partial charge < -0.3 is 24.1 Å².